The maximum Gasteiger partial charge on any atom is 0.246 e. The van der Waals surface area contributed by atoms with Crippen LogP contribution < -0.4 is 10.6 Å². The maximum atomic E-state index is 11.8. The number of carbonyl (C=O) groups is 2. The van der Waals surface area contributed by atoms with E-state index in [1.807, 2.05) is 25.1 Å². The van der Waals surface area contributed by atoms with E-state index in [9.17, 15) is 9.59 Å². The van der Waals surface area contributed by atoms with E-state index in [1.54, 1.807) is 7.11 Å². The zero-order valence-corrected chi connectivity index (χ0v) is 13.0. The zero-order chi connectivity index (χ0) is 15.9. The molecule has 1 aromatic carbocycles. The Labute approximate surface area is 130 Å². The quantitative estimate of drug-likeness (QED) is 0.747. The molecule has 120 valence electrons. The van der Waals surface area contributed by atoms with Crippen molar-refractivity contribution in [2.75, 3.05) is 32.2 Å². The van der Waals surface area contributed by atoms with Gasteiger partial charge in [-0.25, -0.2) is 0 Å². The van der Waals surface area contributed by atoms with Crippen LogP contribution in [0, 0.1) is 0 Å². The second kappa shape index (κ2) is 7.91. The molecule has 0 radical (unpaired) electrons. The van der Waals surface area contributed by atoms with Crippen molar-refractivity contribution in [3.05, 3.63) is 29.3 Å². The van der Waals surface area contributed by atoms with Crippen LogP contribution in [0.4, 0.5) is 5.69 Å². The second-order valence-electron chi connectivity index (χ2n) is 5.30. The molecule has 1 aliphatic heterocycles. The van der Waals surface area contributed by atoms with E-state index in [0.29, 0.717) is 19.6 Å². The second-order valence-corrected chi connectivity index (χ2v) is 5.30. The van der Waals surface area contributed by atoms with Crippen LogP contribution in [0.1, 0.15) is 30.5 Å². The van der Waals surface area contributed by atoms with Crippen molar-refractivity contribution in [3.63, 3.8) is 0 Å². The molecule has 2 amide bonds. The highest BCUT2D eigenvalue weighted by atomic mass is 16.5. The van der Waals surface area contributed by atoms with Crippen molar-refractivity contribution < 1.29 is 19.1 Å². The van der Waals surface area contributed by atoms with Crippen LogP contribution in [0.2, 0.25) is 0 Å². The lowest BCUT2D eigenvalue weighted by molar-refractivity contribution is -0.126. The summed E-state index contributed by atoms with van der Waals surface area (Å²) >= 11 is 0. The van der Waals surface area contributed by atoms with E-state index in [1.165, 1.54) is 0 Å². The maximum absolute atomic E-state index is 11.8. The Morgan fingerprint density at radius 2 is 2.18 bits per heavy atom. The lowest BCUT2D eigenvalue weighted by atomic mass is 9.98. The zero-order valence-electron chi connectivity index (χ0n) is 13.0. The van der Waals surface area contributed by atoms with Gasteiger partial charge in [0.1, 0.15) is 6.61 Å². The molecule has 1 heterocycles. The van der Waals surface area contributed by atoms with Gasteiger partial charge in [-0.3, -0.25) is 9.59 Å². The molecule has 0 aliphatic carbocycles. The van der Waals surface area contributed by atoms with Gasteiger partial charge in [0.15, 0.2) is 0 Å². The van der Waals surface area contributed by atoms with E-state index in [0.717, 1.165) is 23.2 Å². The third-order valence-corrected chi connectivity index (χ3v) is 3.57. The number of hydrogen-bond acceptors (Lipinski definition) is 4. The third kappa shape index (κ3) is 4.54. The fraction of sp³-hybridized carbons (Fsp3) is 0.500. The Bertz CT molecular complexity index is 545. The molecule has 0 saturated heterocycles. The number of hydrogen-bond donors (Lipinski definition) is 2. The molecule has 0 spiro atoms. The van der Waals surface area contributed by atoms with Crippen molar-refractivity contribution in [2.24, 2.45) is 0 Å². The molecule has 2 N–H and O–H groups in total. The Morgan fingerprint density at radius 3 is 2.95 bits per heavy atom. The van der Waals surface area contributed by atoms with Gasteiger partial charge in [-0.05, 0) is 30.5 Å². The summed E-state index contributed by atoms with van der Waals surface area (Å²) in [5.41, 5.74) is 2.98. The van der Waals surface area contributed by atoms with E-state index in [-0.39, 0.29) is 24.5 Å². The summed E-state index contributed by atoms with van der Waals surface area (Å²) in [6, 6.07) is 5.73. The highest BCUT2D eigenvalue weighted by molar-refractivity contribution is 5.93. The smallest absolute Gasteiger partial charge is 0.246 e. The molecule has 0 fully saturated rings. The standard InChI is InChI=1S/C16H22N2O4/c1-11(17-16(20)10-22-8-7-21-2)12-3-5-14-13(9-12)4-6-15(19)18-14/h3,5,9,11H,4,6-8,10H2,1-2H3,(H,17,20)(H,18,19)/t11-/m1/s1. The summed E-state index contributed by atoms with van der Waals surface area (Å²) in [6.45, 7) is 2.82. The first-order valence-electron chi connectivity index (χ1n) is 7.39. The molecule has 6 heteroatoms. The molecule has 1 aliphatic rings. The number of ether oxygens (including phenoxy) is 2. The van der Waals surface area contributed by atoms with Crippen LogP contribution in [0.5, 0.6) is 0 Å². The van der Waals surface area contributed by atoms with Crippen LogP contribution >= 0.6 is 0 Å². The number of rotatable bonds is 7. The number of amides is 2. The van der Waals surface area contributed by atoms with Crippen molar-refractivity contribution in [2.45, 2.75) is 25.8 Å². The number of anilines is 1. The summed E-state index contributed by atoms with van der Waals surface area (Å²) < 4.78 is 10.0. The molecule has 0 aromatic heterocycles. The Hall–Kier alpha value is -1.92. The summed E-state index contributed by atoms with van der Waals surface area (Å²) in [7, 11) is 1.59. The average molecular weight is 306 g/mol. The van der Waals surface area contributed by atoms with Gasteiger partial charge >= 0.3 is 0 Å². The van der Waals surface area contributed by atoms with Gasteiger partial charge in [0, 0.05) is 19.2 Å². The topological polar surface area (TPSA) is 76.7 Å². The van der Waals surface area contributed by atoms with Crippen LogP contribution in [-0.2, 0) is 25.5 Å². The highest BCUT2D eigenvalue weighted by Crippen LogP contribution is 2.26. The van der Waals surface area contributed by atoms with Gasteiger partial charge < -0.3 is 20.1 Å². The lowest BCUT2D eigenvalue weighted by Gasteiger charge is -2.20. The van der Waals surface area contributed by atoms with E-state index in [2.05, 4.69) is 10.6 Å². The van der Waals surface area contributed by atoms with Crippen molar-refractivity contribution in [1.82, 2.24) is 5.32 Å². The number of nitrogens with one attached hydrogen (secondary N) is 2. The molecular formula is C16H22N2O4. The SMILES string of the molecule is COCCOCC(=O)N[C@H](C)c1ccc2c(c1)CCC(=O)N2. The molecule has 2 rings (SSSR count). The van der Waals surface area contributed by atoms with Crippen LogP contribution in [-0.4, -0.2) is 38.7 Å². The van der Waals surface area contributed by atoms with E-state index < -0.39 is 0 Å². The van der Waals surface area contributed by atoms with Crippen molar-refractivity contribution in [1.29, 1.82) is 0 Å². The number of carbonyl (C=O) groups excluding carboxylic acids is 2. The monoisotopic (exact) mass is 306 g/mol. The van der Waals surface area contributed by atoms with E-state index >= 15 is 0 Å². The first-order valence-corrected chi connectivity index (χ1v) is 7.39. The minimum absolute atomic E-state index is 0.0225. The molecule has 1 aromatic rings. The summed E-state index contributed by atoms with van der Waals surface area (Å²) in [5, 5.41) is 5.75. The predicted molar refractivity (Wildman–Crippen MR) is 82.6 cm³/mol. The summed E-state index contributed by atoms with van der Waals surface area (Å²) in [4.78, 5) is 23.1. The van der Waals surface area contributed by atoms with Gasteiger partial charge in [-0.2, -0.15) is 0 Å². The normalized spacial score (nSPS) is 14.9. The number of benzene rings is 1. The molecule has 1 atom stereocenters. The lowest BCUT2D eigenvalue weighted by Crippen LogP contribution is -2.30. The largest absolute Gasteiger partial charge is 0.382 e. The molecule has 22 heavy (non-hydrogen) atoms. The van der Waals surface area contributed by atoms with Gasteiger partial charge in [0.25, 0.3) is 0 Å². The Balaban J connectivity index is 1.88. The minimum Gasteiger partial charge on any atom is -0.382 e. The molecule has 0 saturated carbocycles. The number of methoxy groups -OCH3 is 1. The van der Waals surface area contributed by atoms with E-state index in [4.69, 9.17) is 9.47 Å². The van der Waals surface area contributed by atoms with Crippen molar-refractivity contribution in [3.8, 4) is 0 Å². The molecule has 0 bridgehead atoms. The van der Waals surface area contributed by atoms with Gasteiger partial charge in [0.2, 0.25) is 11.8 Å². The Kier molecular flexibility index (Phi) is 5.91. The van der Waals surface area contributed by atoms with Gasteiger partial charge in [-0.1, -0.05) is 12.1 Å². The number of aryl methyl sites for hydroxylation is 1. The fourth-order valence-electron chi connectivity index (χ4n) is 2.35. The highest BCUT2D eigenvalue weighted by Gasteiger charge is 2.17. The predicted octanol–water partition coefficient (Wildman–Crippen LogP) is 1.41. The average Bonchev–Trinajstić information content (AvgIpc) is 2.51. The first kappa shape index (κ1) is 16.5. The van der Waals surface area contributed by atoms with Crippen LogP contribution in [0.25, 0.3) is 0 Å². The first-order chi connectivity index (χ1) is 10.6. The molecule has 0 unspecified atom stereocenters. The van der Waals surface area contributed by atoms with Gasteiger partial charge in [-0.15, -0.1) is 0 Å². The Morgan fingerprint density at radius 1 is 1.36 bits per heavy atom. The third-order valence-electron chi connectivity index (χ3n) is 3.57. The van der Waals surface area contributed by atoms with Gasteiger partial charge in [0.05, 0.1) is 19.3 Å². The fourth-order valence-corrected chi connectivity index (χ4v) is 2.35. The molecule has 6 nitrogen and oxygen atoms in total. The minimum atomic E-state index is -0.158. The van der Waals surface area contributed by atoms with Crippen LogP contribution in [0.3, 0.4) is 0 Å². The molecular weight excluding hydrogens is 284 g/mol. The summed E-state index contributed by atoms with van der Waals surface area (Å²) in [5.74, 6) is -0.107. The summed E-state index contributed by atoms with van der Waals surface area (Å²) in [6.07, 6.45) is 1.24. The van der Waals surface area contributed by atoms with Crippen molar-refractivity contribution >= 4 is 17.5 Å². The van der Waals surface area contributed by atoms with Crippen LogP contribution in [0.15, 0.2) is 18.2 Å². The number of fused-ring (bicyclic) bond motifs is 1.